The predicted molar refractivity (Wildman–Crippen MR) is 63.8 cm³/mol. The number of amides is 1. The van der Waals surface area contributed by atoms with Crippen molar-refractivity contribution in [3.63, 3.8) is 0 Å². The summed E-state index contributed by atoms with van der Waals surface area (Å²) in [4.78, 5) is 23.0. The molecule has 1 saturated heterocycles. The highest BCUT2D eigenvalue weighted by atomic mass is 16.5. The lowest BCUT2D eigenvalue weighted by molar-refractivity contribution is -0.122. The largest absolute Gasteiger partial charge is 0.467 e. The van der Waals surface area contributed by atoms with E-state index in [4.69, 9.17) is 10.6 Å². The minimum atomic E-state index is 0.0607. The maximum Gasteiger partial charge on any atom is 0.322 e. The van der Waals surface area contributed by atoms with Crippen molar-refractivity contribution in [1.29, 1.82) is 0 Å². The Balaban J connectivity index is 2.06. The van der Waals surface area contributed by atoms with E-state index < -0.39 is 0 Å². The van der Waals surface area contributed by atoms with Gasteiger partial charge in [0.25, 0.3) is 0 Å². The first-order valence-electron chi connectivity index (χ1n) is 5.51. The van der Waals surface area contributed by atoms with Crippen molar-refractivity contribution >= 4 is 17.8 Å². The zero-order chi connectivity index (χ0) is 13.0. The molecular formula is C9H15N7O2. The lowest BCUT2D eigenvalue weighted by atomic mass is 10.1. The van der Waals surface area contributed by atoms with Crippen LogP contribution in [0.2, 0.25) is 0 Å². The number of rotatable bonds is 4. The Morgan fingerprint density at radius 3 is 2.78 bits per heavy atom. The zero-order valence-electron chi connectivity index (χ0n) is 9.93. The minimum absolute atomic E-state index is 0.0607. The van der Waals surface area contributed by atoms with Gasteiger partial charge in [0, 0.05) is 19.0 Å². The summed E-state index contributed by atoms with van der Waals surface area (Å²) in [6.07, 6.45) is 1.22. The number of carbonyl (C=O) groups is 1. The number of ether oxygens (including phenoxy) is 1. The van der Waals surface area contributed by atoms with E-state index in [-0.39, 0.29) is 23.9 Å². The first-order valence-corrected chi connectivity index (χ1v) is 5.51. The Kier molecular flexibility index (Phi) is 3.72. The van der Waals surface area contributed by atoms with Crippen molar-refractivity contribution in [1.82, 2.24) is 20.3 Å². The molecule has 1 atom stereocenters. The van der Waals surface area contributed by atoms with Crippen LogP contribution in [0, 0.1) is 0 Å². The van der Waals surface area contributed by atoms with Gasteiger partial charge in [-0.3, -0.25) is 10.2 Å². The number of nitrogens with zero attached hydrogens (tertiary/aromatic N) is 3. The smallest absolute Gasteiger partial charge is 0.322 e. The van der Waals surface area contributed by atoms with Crippen LogP contribution in [0.25, 0.3) is 0 Å². The van der Waals surface area contributed by atoms with Crippen molar-refractivity contribution in [2.45, 2.75) is 18.9 Å². The summed E-state index contributed by atoms with van der Waals surface area (Å²) in [5.74, 6) is 5.88. The molecule has 1 aliphatic heterocycles. The first kappa shape index (κ1) is 12.3. The van der Waals surface area contributed by atoms with E-state index in [9.17, 15) is 4.79 Å². The number of aromatic nitrogens is 3. The van der Waals surface area contributed by atoms with Crippen molar-refractivity contribution in [2.75, 3.05) is 24.4 Å². The number of carbonyl (C=O) groups excluding carboxylic acids is 1. The molecular weight excluding hydrogens is 238 g/mol. The molecule has 0 aliphatic carbocycles. The molecule has 1 fully saturated rings. The second-order valence-corrected chi connectivity index (χ2v) is 3.80. The van der Waals surface area contributed by atoms with Gasteiger partial charge in [-0.25, -0.2) is 5.84 Å². The summed E-state index contributed by atoms with van der Waals surface area (Å²) in [6, 6.07) is 0.251. The Morgan fingerprint density at radius 1 is 1.39 bits per heavy atom. The van der Waals surface area contributed by atoms with Gasteiger partial charge in [0.05, 0.1) is 7.11 Å². The van der Waals surface area contributed by atoms with Crippen molar-refractivity contribution in [3.8, 4) is 6.01 Å². The van der Waals surface area contributed by atoms with Crippen LogP contribution < -0.4 is 26.6 Å². The quantitative estimate of drug-likeness (QED) is 0.391. The van der Waals surface area contributed by atoms with Crippen LogP contribution in [-0.4, -0.2) is 40.6 Å². The molecule has 9 heteroatoms. The van der Waals surface area contributed by atoms with Gasteiger partial charge in [-0.15, -0.1) is 0 Å². The first-order chi connectivity index (χ1) is 8.71. The fourth-order valence-corrected chi connectivity index (χ4v) is 1.62. The molecule has 1 aromatic heterocycles. The molecule has 2 rings (SSSR count). The number of methoxy groups -OCH3 is 1. The van der Waals surface area contributed by atoms with Gasteiger partial charge in [-0.05, 0) is 6.42 Å². The topological polar surface area (TPSA) is 127 Å². The van der Waals surface area contributed by atoms with Crippen molar-refractivity contribution < 1.29 is 9.53 Å². The number of hydrogen-bond acceptors (Lipinski definition) is 8. The van der Waals surface area contributed by atoms with Gasteiger partial charge in [0.1, 0.15) is 0 Å². The highest BCUT2D eigenvalue weighted by molar-refractivity contribution is 5.76. The number of piperidine rings is 1. The summed E-state index contributed by atoms with van der Waals surface area (Å²) in [6.45, 7) is 0.540. The number of hydrazine groups is 1. The molecule has 2 heterocycles. The Morgan fingerprint density at radius 2 is 2.17 bits per heavy atom. The maximum absolute atomic E-state index is 11.0. The SMILES string of the molecule is COc1nc(NN)nc(NC2CCC(=O)NC2)n1. The van der Waals surface area contributed by atoms with Gasteiger partial charge in [-0.1, -0.05) is 0 Å². The normalized spacial score (nSPS) is 19.0. The molecule has 1 aromatic rings. The lowest BCUT2D eigenvalue weighted by Gasteiger charge is -2.23. The number of hydrogen-bond donors (Lipinski definition) is 4. The summed E-state index contributed by atoms with van der Waals surface area (Å²) in [7, 11) is 1.46. The van der Waals surface area contributed by atoms with Crippen molar-refractivity contribution in [2.24, 2.45) is 5.84 Å². The van der Waals surface area contributed by atoms with Crippen LogP contribution in [0.3, 0.4) is 0 Å². The van der Waals surface area contributed by atoms with Crippen LogP contribution in [0.15, 0.2) is 0 Å². The molecule has 0 spiro atoms. The third-order valence-electron chi connectivity index (χ3n) is 2.53. The Labute approximate surface area is 104 Å². The standard InChI is InChI=1S/C9H15N7O2/c1-18-9-14-7(13-8(15-9)16-10)12-5-2-3-6(17)11-4-5/h5H,2-4,10H2,1H3,(H,11,17)(H2,12,13,14,15,16). The fourth-order valence-electron chi connectivity index (χ4n) is 1.62. The number of anilines is 2. The fraction of sp³-hybridized carbons (Fsp3) is 0.556. The van der Waals surface area contributed by atoms with Gasteiger partial charge in [-0.2, -0.15) is 15.0 Å². The highest BCUT2D eigenvalue weighted by Crippen LogP contribution is 2.13. The van der Waals surface area contributed by atoms with Gasteiger partial charge in [0.2, 0.25) is 17.8 Å². The second kappa shape index (κ2) is 5.45. The molecule has 0 aromatic carbocycles. The molecule has 9 nitrogen and oxygen atoms in total. The highest BCUT2D eigenvalue weighted by Gasteiger charge is 2.19. The Hall–Kier alpha value is -2.16. The molecule has 0 bridgehead atoms. The predicted octanol–water partition coefficient (Wildman–Crippen LogP) is -1.14. The van der Waals surface area contributed by atoms with Crippen LogP contribution in [0.5, 0.6) is 6.01 Å². The molecule has 18 heavy (non-hydrogen) atoms. The van der Waals surface area contributed by atoms with E-state index >= 15 is 0 Å². The third-order valence-corrected chi connectivity index (χ3v) is 2.53. The van der Waals surface area contributed by atoms with Crippen LogP contribution in [-0.2, 0) is 4.79 Å². The van der Waals surface area contributed by atoms with Crippen LogP contribution in [0.4, 0.5) is 11.9 Å². The van der Waals surface area contributed by atoms with Gasteiger partial charge < -0.3 is 15.4 Å². The molecule has 98 valence electrons. The minimum Gasteiger partial charge on any atom is -0.467 e. The molecule has 1 unspecified atom stereocenters. The van der Waals surface area contributed by atoms with Gasteiger partial charge >= 0.3 is 6.01 Å². The van der Waals surface area contributed by atoms with E-state index in [2.05, 4.69) is 31.0 Å². The molecule has 1 aliphatic rings. The van der Waals surface area contributed by atoms with E-state index in [1.807, 2.05) is 0 Å². The molecule has 1 amide bonds. The molecule has 0 radical (unpaired) electrons. The molecule has 5 N–H and O–H groups in total. The summed E-state index contributed by atoms with van der Waals surface area (Å²) >= 11 is 0. The lowest BCUT2D eigenvalue weighted by Crippen LogP contribution is -2.42. The average Bonchev–Trinajstić information content (AvgIpc) is 2.41. The van der Waals surface area contributed by atoms with Crippen molar-refractivity contribution in [3.05, 3.63) is 0 Å². The summed E-state index contributed by atoms with van der Waals surface area (Å²) in [5.41, 5.74) is 2.33. The summed E-state index contributed by atoms with van der Waals surface area (Å²) < 4.78 is 4.94. The Bertz CT molecular complexity index is 407. The second-order valence-electron chi connectivity index (χ2n) is 3.80. The van der Waals surface area contributed by atoms with Gasteiger partial charge in [0.15, 0.2) is 0 Å². The third kappa shape index (κ3) is 2.94. The van der Waals surface area contributed by atoms with E-state index in [1.165, 1.54) is 7.11 Å². The molecule has 0 saturated carbocycles. The maximum atomic E-state index is 11.0. The van der Waals surface area contributed by atoms with Crippen LogP contribution >= 0.6 is 0 Å². The van der Waals surface area contributed by atoms with E-state index in [0.717, 1.165) is 6.42 Å². The summed E-state index contributed by atoms with van der Waals surface area (Å²) in [5, 5.41) is 5.86. The number of nitrogen functional groups attached to an aromatic ring is 1. The number of nitrogens with one attached hydrogen (secondary N) is 3. The van der Waals surface area contributed by atoms with Crippen LogP contribution in [0.1, 0.15) is 12.8 Å². The van der Waals surface area contributed by atoms with E-state index in [0.29, 0.717) is 18.9 Å². The number of nitrogens with two attached hydrogens (primary N) is 1. The van der Waals surface area contributed by atoms with E-state index in [1.54, 1.807) is 0 Å². The average molecular weight is 253 g/mol. The monoisotopic (exact) mass is 253 g/mol. The zero-order valence-corrected chi connectivity index (χ0v) is 9.93.